The van der Waals surface area contributed by atoms with Crippen molar-refractivity contribution in [1.29, 1.82) is 0 Å². The summed E-state index contributed by atoms with van der Waals surface area (Å²) in [6.45, 7) is 4.84. The van der Waals surface area contributed by atoms with Crippen LogP contribution < -0.4 is 5.32 Å². The lowest BCUT2D eigenvalue weighted by molar-refractivity contribution is 0.0257. The Bertz CT molecular complexity index is 1110. The van der Waals surface area contributed by atoms with Gasteiger partial charge in [-0.05, 0) is 47.2 Å². The van der Waals surface area contributed by atoms with Crippen LogP contribution in [0.1, 0.15) is 47.3 Å². The summed E-state index contributed by atoms with van der Waals surface area (Å²) < 4.78 is 5.09. The number of cyclic esters (lactones) is 1. The van der Waals surface area contributed by atoms with Crippen molar-refractivity contribution in [3.05, 3.63) is 95.1 Å². The molecule has 0 saturated carbocycles. The molecule has 3 aromatic rings. The van der Waals surface area contributed by atoms with E-state index in [0.717, 1.165) is 22.4 Å². The van der Waals surface area contributed by atoms with Gasteiger partial charge in [0.25, 0.3) is 0 Å². The number of aromatic hydroxyl groups is 1. The van der Waals surface area contributed by atoms with Crippen LogP contribution in [0.25, 0.3) is 0 Å². The molecule has 0 bridgehead atoms. The van der Waals surface area contributed by atoms with Crippen LogP contribution in [-0.2, 0) is 23.2 Å². The Balaban J connectivity index is 1.58. The molecule has 1 unspecified atom stereocenters. The molecule has 1 aliphatic rings. The Morgan fingerprint density at radius 2 is 1.78 bits per heavy atom. The number of fused-ring (bicyclic) bond motifs is 1. The maximum atomic E-state index is 11.9. The van der Waals surface area contributed by atoms with Gasteiger partial charge in [0.15, 0.2) is 0 Å². The summed E-state index contributed by atoms with van der Waals surface area (Å²) in [5, 5.41) is 25.0. The summed E-state index contributed by atoms with van der Waals surface area (Å²) >= 11 is 0. The number of rotatable bonds is 8. The van der Waals surface area contributed by atoms with E-state index in [4.69, 9.17) is 4.74 Å². The molecule has 0 fully saturated rings. The number of aliphatic hydroxyl groups is 1. The molecule has 3 aromatic carbocycles. The topological polar surface area (TPSA) is 78.8 Å². The maximum absolute atomic E-state index is 11.9. The van der Waals surface area contributed by atoms with Gasteiger partial charge in [0.1, 0.15) is 12.4 Å². The van der Waals surface area contributed by atoms with E-state index in [9.17, 15) is 15.0 Å². The van der Waals surface area contributed by atoms with Gasteiger partial charge in [0.05, 0.1) is 11.2 Å². The van der Waals surface area contributed by atoms with Crippen LogP contribution in [0.4, 0.5) is 5.69 Å². The lowest BCUT2D eigenvalue weighted by Gasteiger charge is -2.37. The molecule has 0 spiro atoms. The molecule has 4 rings (SSSR count). The fourth-order valence-electron chi connectivity index (χ4n) is 4.54. The summed E-state index contributed by atoms with van der Waals surface area (Å²) in [6.07, 6.45) is 0.872. The Morgan fingerprint density at radius 3 is 2.53 bits per heavy atom. The van der Waals surface area contributed by atoms with Crippen LogP contribution in [0.3, 0.4) is 0 Å². The first-order valence-corrected chi connectivity index (χ1v) is 10.8. The van der Waals surface area contributed by atoms with E-state index in [-0.39, 0.29) is 23.7 Å². The Hall–Kier alpha value is -3.31. The Morgan fingerprint density at radius 1 is 1.00 bits per heavy atom. The molecule has 166 valence electrons. The first-order valence-electron chi connectivity index (χ1n) is 10.8. The van der Waals surface area contributed by atoms with Crippen molar-refractivity contribution in [3.8, 4) is 5.75 Å². The van der Waals surface area contributed by atoms with Gasteiger partial charge in [-0.3, -0.25) is 0 Å². The average molecular weight is 432 g/mol. The zero-order chi connectivity index (χ0) is 22.8. The van der Waals surface area contributed by atoms with Gasteiger partial charge in [0, 0.05) is 24.2 Å². The summed E-state index contributed by atoms with van der Waals surface area (Å²) in [5.74, 6) is -0.138. The van der Waals surface area contributed by atoms with E-state index in [2.05, 4.69) is 31.3 Å². The van der Waals surface area contributed by atoms with E-state index >= 15 is 0 Å². The van der Waals surface area contributed by atoms with E-state index in [1.807, 2.05) is 36.4 Å². The second kappa shape index (κ2) is 8.67. The van der Waals surface area contributed by atoms with Gasteiger partial charge >= 0.3 is 5.97 Å². The number of phenols is 1. The highest BCUT2D eigenvalue weighted by Gasteiger charge is 2.36. The summed E-state index contributed by atoms with van der Waals surface area (Å²) in [7, 11) is 0. The van der Waals surface area contributed by atoms with Gasteiger partial charge < -0.3 is 20.3 Å². The third kappa shape index (κ3) is 4.94. The number of phenolic OH excluding ortho intramolecular Hbond substituents is 1. The third-order valence-corrected chi connectivity index (χ3v) is 6.08. The number of carbonyl (C=O) groups is 1. The summed E-state index contributed by atoms with van der Waals surface area (Å²) in [4.78, 5) is 11.9. The highest BCUT2D eigenvalue weighted by Crippen LogP contribution is 2.35. The predicted molar refractivity (Wildman–Crippen MR) is 125 cm³/mol. The highest BCUT2D eigenvalue weighted by molar-refractivity contribution is 5.94. The predicted octanol–water partition coefficient (Wildman–Crippen LogP) is 4.82. The molecule has 0 radical (unpaired) electrons. The van der Waals surface area contributed by atoms with Crippen LogP contribution in [0.15, 0.2) is 72.8 Å². The molecule has 0 saturated heterocycles. The molecule has 3 N–H and O–H groups in total. The van der Waals surface area contributed by atoms with Crippen molar-refractivity contribution in [1.82, 2.24) is 0 Å². The second-order valence-corrected chi connectivity index (χ2v) is 9.30. The van der Waals surface area contributed by atoms with Gasteiger partial charge in [-0.15, -0.1) is 0 Å². The number of esters is 1. The van der Waals surface area contributed by atoms with Crippen molar-refractivity contribution in [2.75, 3.05) is 11.9 Å². The summed E-state index contributed by atoms with van der Waals surface area (Å²) in [5.41, 5.74) is 2.82. The molecule has 1 atom stereocenters. The minimum absolute atomic E-state index is 0.178. The lowest BCUT2D eigenvalue weighted by Crippen LogP contribution is -2.44. The van der Waals surface area contributed by atoms with E-state index in [1.165, 1.54) is 0 Å². The van der Waals surface area contributed by atoms with Crippen molar-refractivity contribution in [2.45, 2.75) is 44.3 Å². The monoisotopic (exact) mass is 431 g/mol. The number of ether oxygens (including phenoxy) is 1. The lowest BCUT2D eigenvalue weighted by atomic mass is 9.73. The molecule has 0 aromatic heterocycles. The molecular weight excluding hydrogens is 402 g/mol. The van der Waals surface area contributed by atoms with Crippen molar-refractivity contribution >= 4 is 11.7 Å². The molecule has 0 amide bonds. The van der Waals surface area contributed by atoms with Gasteiger partial charge in [-0.25, -0.2) is 4.79 Å². The second-order valence-electron chi connectivity index (χ2n) is 9.30. The third-order valence-electron chi connectivity index (χ3n) is 6.08. The minimum atomic E-state index is -1.10. The molecule has 5 heteroatoms. The van der Waals surface area contributed by atoms with Gasteiger partial charge in [-0.2, -0.15) is 0 Å². The Labute approximate surface area is 188 Å². The van der Waals surface area contributed by atoms with E-state index in [1.54, 1.807) is 24.3 Å². The van der Waals surface area contributed by atoms with Crippen LogP contribution in [0.2, 0.25) is 0 Å². The number of hydrogen-bond acceptors (Lipinski definition) is 5. The standard InChI is InChI=1S/C27H29NO4/c1-26(2,21-8-4-3-5-9-21)17-27(31,15-19-7-6-10-23(29)13-19)18-28-22-12-11-20-16-32-25(30)24(20)14-22/h3-14,28-29,31H,15-18H2,1-2H3. The molecule has 1 heterocycles. The highest BCUT2D eigenvalue weighted by atomic mass is 16.5. The maximum Gasteiger partial charge on any atom is 0.338 e. The SMILES string of the molecule is CC(C)(CC(O)(CNc1ccc2c(c1)C(=O)OC2)Cc1cccc(O)c1)c1ccccc1. The molecule has 32 heavy (non-hydrogen) atoms. The molecule has 5 nitrogen and oxygen atoms in total. The number of anilines is 1. The fourth-order valence-corrected chi connectivity index (χ4v) is 4.54. The van der Waals surface area contributed by atoms with Crippen molar-refractivity contribution in [2.24, 2.45) is 0 Å². The molecule has 0 aliphatic carbocycles. The van der Waals surface area contributed by atoms with E-state index in [0.29, 0.717) is 25.0 Å². The van der Waals surface area contributed by atoms with Crippen LogP contribution in [-0.4, -0.2) is 28.3 Å². The number of benzene rings is 3. The van der Waals surface area contributed by atoms with E-state index < -0.39 is 5.60 Å². The fraction of sp³-hybridized carbons (Fsp3) is 0.296. The first kappa shape index (κ1) is 21.9. The van der Waals surface area contributed by atoms with Gasteiger partial charge in [-0.1, -0.05) is 62.4 Å². The van der Waals surface area contributed by atoms with Crippen LogP contribution in [0.5, 0.6) is 5.75 Å². The smallest absolute Gasteiger partial charge is 0.338 e. The minimum Gasteiger partial charge on any atom is -0.508 e. The number of nitrogens with one attached hydrogen (secondary N) is 1. The van der Waals surface area contributed by atoms with Crippen LogP contribution >= 0.6 is 0 Å². The van der Waals surface area contributed by atoms with Crippen molar-refractivity contribution in [3.63, 3.8) is 0 Å². The van der Waals surface area contributed by atoms with Gasteiger partial charge in [0.2, 0.25) is 0 Å². The average Bonchev–Trinajstić information content (AvgIpc) is 3.13. The van der Waals surface area contributed by atoms with Crippen LogP contribution in [0, 0.1) is 0 Å². The Kier molecular flexibility index (Phi) is 5.94. The number of carbonyl (C=O) groups excluding carboxylic acids is 1. The first-order chi connectivity index (χ1) is 15.2. The molecular formula is C27H29NO4. The normalized spacial score (nSPS) is 15.0. The largest absolute Gasteiger partial charge is 0.508 e. The molecule has 1 aliphatic heterocycles. The zero-order valence-corrected chi connectivity index (χ0v) is 18.5. The van der Waals surface area contributed by atoms with Crippen molar-refractivity contribution < 1.29 is 19.7 Å². The zero-order valence-electron chi connectivity index (χ0n) is 18.5. The quantitative estimate of drug-likeness (QED) is 0.446. The summed E-state index contributed by atoms with van der Waals surface area (Å²) in [6, 6.07) is 22.7. The number of hydrogen-bond donors (Lipinski definition) is 3.